The van der Waals surface area contributed by atoms with Gasteiger partial charge in [-0.3, -0.25) is 4.98 Å². The van der Waals surface area contributed by atoms with Gasteiger partial charge in [-0.2, -0.15) is 0 Å². The van der Waals surface area contributed by atoms with Crippen molar-refractivity contribution < 1.29 is 5.11 Å². The largest absolute Gasteiger partial charge is 0.507 e. The van der Waals surface area contributed by atoms with Crippen LogP contribution in [0.2, 0.25) is 0 Å². The Bertz CT molecular complexity index is 223. The summed E-state index contributed by atoms with van der Waals surface area (Å²) in [5.41, 5.74) is 6.20. The first-order valence-electron chi connectivity index (χ1n) is 3.10. The van der Waals surface area contributed by atoms with E-state index in [1.54, 1.807) is 13.1 Å². The minimum absolute atomic E-state index is 0.159. The van der Waals surface area contributed by atoms with E-state index in [0.717, 1.165) is 0 Å². The molecule has 3 heteroatoms. The molecule has 0 amide bonds. The lowest BCUT2D eigenvalue weighted by molar-refractivity contribution is 0.462. The van der Waals surface area contributed by atoms with Gasteiger partial charge in [0, 0.05) is 24.0 Å². The van der Waals surface area contributed by atoms with Gasteiger partial charge in [-0.25, -0.2) is 0 Å². The third-order valence-corrected chi connectivity index (χ3v) is 1.32. The molecule has 0 radical (unpaired) electrons. The van der Waals surface area contributed by atoms with Gasteiger partial charge in [-0.05, 0) is 13.0 Å². The van der Waals surface area contributed by atoms with E-state index < -0.39 is 0 Å². The lowest BCUT2D eigenvalue weighted by Gasteiger charge is -2.05. The first-order valence-corrected chi connectivity index (χ1v) is 3.10. The SMILES string of the molecule is C[C@@H](N)c1cnccc1O. The van der Waals surface area contributed by atoms with Gasteiger partial charge in [0.05, 0.1) is 0 Å². The van der Waals surface area contributed by atoms with Crippen molar-refractivity contribution in [3.8, 4) is 5.75 Å². The number of hydrogen-bond donors (Lipinski definition) is 2. The normalized spacial score (nSPS) is 13.0. The van der Waals surface area contributed by atoms with Crippen LogP contribution >= 0.6 is 0 Å². The van der Waals surface area contributed by atoms with Crippen molar-refractivity contribution in [2.75, 3.05) is 0 Å². The van der Waals surface area contributed by atoms with Crippen LogP contribution in [0, 0.1) is 0 Å². The molecule has 3 N–H and O–H groups in total. The summed E-state index contributed by atoms with van der Waals surface area (Å²) < 4.78 is 0. The van der Waals surface area contributed by atoms with Crippen LogP contribution in [-0.4, -0.2) is 10.1 Å². The van der Waals surface area contributed by atoms with Crippen LogP contribution in [0.4, 0.5) is 0 Å². The molecule has 3 nitrogen and oxygen atoms in total. The second-order valence-corrected chi connectivity index (χ2v) is 2.22. The first-order chi connectivity index (χ1) is 4.72. The van der Waals surface area contributed by atoms with Crippen LogP contribution in [0.5, 0.6) is 5.75 Å². The van der Waals surface area contributed by atoms with Gasteiger partial charge in [-0.1, -0.05) is 0 Å². The Labute approximate surface area is 59.5 Å². The van der Waals surface area contributed by atoms with Crippen molar-refractivity contribution in [1.29, 1.82) is 0 Å². The molecule has 0 aliphatic heterocycles. The molecular weight excluding hydrogens is 128 g/mol. The van der Waals surface area contributed by atoms with Crippen LogP contribution in [0.25, 0.3) is 0 Å². The van der Waals surface area contributed by atoms with Crippen LogP contribution in [-0.2, 0) is 0 Å². The summed E-state index contributed by atoms with van der Waals surface area (Å²) in [5, 5.41) is 9.16. The van der Waals surface area contributed by atoms with Crippen LogP contribution in [0.1, 0.15) is 18.5 Å². The average Bonchev–Trinajstić information content (AvgIpc) is 1.88. The van der Waals surface area contributed by atoms with Gasteiger partial charge in [0.1, 0.15) is 5.75 Å². The molecule has 0 spiro atoms. The topological polar surface area (TPSA) is 59.1 Å². The number of nitrogens with zero attached hydrogens (tertiary/aromatic N) is 1. The average molecular weight is 138 g/mol. The zero-order valence-electron chi connectivity index (χ0n) is 5.78. The summed E-state index contributed by atoms with van der Waals surface area (Å²) in [4.78, 5) is 3.83. The highest BCUT2D eigenvalue weighted by atomic mass is 16.3. The second-order valence-electron chi connectivity index (χ2n) is 2.22. The fraction of sp³-hybridized carbons (Fsp3) is 0.286. The maximum atomic E-state index is 9.16. The van der Waals surface area contributed by atoms with Crippen LogP contribution in [0.3, 0.4) is 0 Å². The molecular formula is C7H10N2O. The van der Waals surface area contributed by atoms with Gasteiger partial charge in [0.25, 0.3) is 0 Å². The highest BCUT2D eigenvalue weighted by molar-refractivity contribution is 5.30. The van der Waals surface area contributed by atoms with E-state index in [1.165, 1.54) is 12.3 Å². The van der Waals surface area contributed by atoms with E-state index in [0.29, 0.717) is 5.56 Å². The monoisotopic (exact) mass is 138 g/mol. The molecule has 0 saturated heterocycles. The lowest BCUT2D eigenvalue weighted by atomic mass is 10.1. The zero-order valence-corrected chi connectivity index (χ0v) is 5.78. The van der Waals surface area contributed by atoms with Gasteiger partial charge < -0.3 is 10.8 Å². The molecule has 0 aliphatic rings. The minimum Gasteiger partial charge on any atom is -0.507 e. The van der Waals surface area contributed by atoms with E-state index in [-0.39, 0.29) is 11.8 Å². The van der Waals surface area contributed by atoms with Gasteiger partial charge in [0.15, 0.2) is 0 Å². The predicted octanol–water partition coefficient (Wildman–Crippen LogP) is 0.807. The number of aromatic hydroxyl groups is 1. The molecule has 1 atom stereocenters. The molecule has 54 valence electrons. The summed E-state index contributed by atoms with van der Waals surface area (Å²) in [7, 11) is 0. The number of nitrogens with two attached hydrogens (primary N) is 1. The minimum atomic E-state index is -0.159. The van der Waals surface area contributed by atoms with Gasteiger partial charge in [-0.15, -0.1) is 0 Å². The van der Waals surface area contributed by atoms with Crippen molar-refractivity contribution in [3.05, 3.63) is 24.0 Å². The van der Waals surface area contributed by atoms with E-state index in [2.05, 4.69) is 4.98 Å². The van der Waals surface area contributed by atoms with Crippen LogP contribution < -0.4 is 5.73 Å². The quantitative estimate of drug-likeness (QED) is 0.603. The maximum Gasteiger partial charge on any atom is 0.123 e. The summed E-state index contributed by atoms with van der Waals surface area (Å²) in [6.45, 7) is 1.80. The molecule has 0 unspecified atom stereocenters. The smallest absolute Gasteiger partial charge is 0.123 e. The van der Waals surface area contributed by atoms with Crippen molar-refractivity contribution in [3.63, 3.8) is 0 Å². The Morgan fingerprint density at radius 2 is 2.40 bits per heavy atom. The highest BCUT2D eigenvalue weighted by Gasteiger charge is 2.03. The second kappa shape index (κ2) is 2.66. The molecule has 0 saturated carbocycles. The fourth-order valence-electron chi connectivity index (χ4n) is 0.750. The zero-order chi connectivity index (χ0) is 7.56. The fourth-order valence-corrected chi connectivity index (χ4v) is 0.750. The standard InChI is InChI=1S/C7H10N2O/c1-5(8)6-4-9-3-2-7(6)10/h2-5H,8H2,1H3,(H,9,10)/t5-/m1/s1. The molecule has 1 heterocycles. The lowest BCUT2D eigenvalue weighted by Crippen LogP contribution is -2.05. The van der Waals surface area contributed by atoms with E-state index in [4.69, 9.17) is 10.8 Å². The molecule has 1 rings (SSSR count). The Morgan fingerprint density at radius 3 is 2.80 bits per heavy atom. The van der Waals surface area contributed by atoms with Gasteiger partial charge >= 0.3 is 0 Å². The Hall–Kier alpha value is -1.09. The third-order valence-electron chi connectivity index (χ3n) is 1.32. The molecule has 1 aromatic heterocycles. The number of pyridine rings is 1. The van der Waals surface area contributed by atoms with E-state index in [9.17, 15) is 0 Å². The Morgan fingerprint density at radius 1 is 1.70 bits per heavy atom. The van der Waals surface area contributed by atoms with Gasteiger partial charge in [0.2, 0.25) is 0 Å². The summed E-state index contributed by atoms with van der Waals surface area (Å²) in [5.74, 6) is 0.213. The summed E-state index contributed by atoms with van der Waals surface area (Å²) in [6, 6.07) is 1.37. The van der Waals surface area contributed by atoms with Crippen molar-refractivity contribution in [1.82, 2.24) is 4.98 Å². The van der Waals surface area contributed by atoms with E-state index >= 15 is 0 Å². The van der Waals surface area contributed by atoms with Crippen molar-refractivity contribution in [2.24, 2.45) is 5.73 Å². The highest BCUT2D eigenvalue weighted by Crippen LogP contribution is 2.19. The predicted molar refractivity (Wildman–Crippen MR) is 38.5 cm³/mol. The maximum absolute atomic E-state index is 9.16. The third kappa shape index (κ3) is 1.25. The van der Waals surface area contributed by atoms with Crippen molar-refractivity contribution in [2.45, 2.75) is 13.0 Å². The van der Waals surface area contributed by atoms with E-state index in [1.807, 2.05) is 0 Å². The molecule has 10 heavy (non-hydrogen) atoms. The van der Waals surface area contributed by atoms with Crippen molar-refractivity contribution >= 4 is 0 Å². The Kier molecular flexibility index (Phi) is 1.87. The molecule has 0 aromatic carbocycles. The summed E-state index contributed by atoms with van der Waals surface area (Å²) in [6.07, 6.45) is 3.10. The number of aromatic nitrogens is 1. The van der Waals surface area contributed by atoms with Crippen LogP contribution in [0.15, 0.2) is 18.5 Å². The first kappa shape index (κ1) is 7.02. The number of rotatable bonds is 1. The molecule has 0 fully saturated rings. The summed E-state index contributed by atoms with van der Waals surface area (Å²) >= 11 is 0. The molecule has 1 aromatic rings. The molecule has 0 bridgehead atoms. The molecule has 0 aliphatic carbocycles. The number of hydrogen-bond acceptors (Lipinski definition) is 3. The Balaban J connectivity index is 3.03.